The molecule has 0 saturated carbocycles. The van der Waals surface area contributed by atoms with Crippen LogP contribution in [0.1, 0.15) is 36.7 Å². The van der Waals surface area contributed by atoms with Gasteiger partial charge in [-0.25, -0.2) is 0 Å². The molecule has 0 radical (unpaired) electrons. The fourth-order valence-electron chi connectivity index (χ4n) is 1.18. The number of hydrogen-bond acceptors (Lipinski definition) is 1. The first-order chi connectivity index (χ1) is 6.32. The molecule has 1 rings (SSSR count). The van der Waals surface area contributed by atoms with Crippen molar-refractivity contribution >= 4 is 28.5 Å². The average Bonchev–Trinajstić information content (AvgIpc) is 2.01. The van der Waals surface area contributed by atoms with E-state index < -0.39 is 0 Å². The first kappa shape index (κ1) is 11.5. The van der Waals surface area contributed by atoms with Gasteiger partial charge >= 0.3 is 0 Å². The molecule has 0 bridgehead atoms. The van der Waals surface area contributed by atoms with Crippen LogP contribution >= 0.6 is 22.6 Å². The van der Waals surface area contributed by atoms with Gasteiger partial charge in [0.2, 0.25) is 5.91 Å². The average molecular weight is 303 g/mol. The molecule has 76 valence electrons. The zero-order chi connectivity index (χ0) is 10.9. The highest BCUT2D eigenvalue weighted by molar-refractivity contribution is 14.1. The first-order valence-electron chi connectivity index (χ1n) is 4.42. The Morgan fingerprint density at radius 2 is 1.93 bits per heavy atom. The second-order valence-electron chi connectivity index (χ2n) is 4.31. The van der Waals surface area contributed by atoms with Gasteiger partial charge in [-0.2, -0.15) is 0 Å². The van der Waals surface area contributed by atoms with Crippen LogP contribution in [0.2, 0.25) is 0 Å². The maximum absolute atomic E-state index is 11.0. The molecule has 0 unspecified atom stereocenters. The van der Waals surface area contributed by atoms with E-state index in [4.69, 9.17) is 5.73 Å². The lowest BCUT2D eigenvalue weighted by atomic mass is 9.87. The van der Waals surface area contributed by atoms with Crippen molar-refractivity contribution < 1.29 is 4.79 Å². The van der Waals surface area contributed by atoms with Crippen molar-refractivity contribution in [1.29, 1.82) is 0 Å². The highest BCUT2D eigenvalue weighted by atomic mass is 127. The summed E-state index contributed by atoms with van der Waals surface area (Å²) in [5, 5.41) is 0. The molecule has 1 aromatic rings. The van der Waals surface area contributed by atoms with E-state index in [0.29, 0.717) is 5.56 Å². The fourth-order valence-corrected chi connectivity index (χ4v) is 1.96. The lowest BCUT2D eigenvalue weighted by Crippen LogP contribution is -2.15. The lowest BCUT2D eigenvalue weighted by molar-refractivity contribution is 0.0999. The van der Waals surface area contributed by atoms with E-state index in [1.807, 2.05) is 12.1 Å². The van der Waals surface area contributed by atoms with Crippen molar-refractivity contribution in [3.63, 3.8) is 0 Å². The van der Waals surface area contributed by atoms with Crippen LogP contribution in [0.15, 0.2) is 18.2 Å². The van der Waals surface area contributed by atoms with Gasteiger partial charge in [0.25, 0.3) is 0 Å². The smallest absolute Gasteiger partial charge is 0.249 e. The number of amides is 1. The first-order valence-corrected chi connectivity index (χ1v) is 5.50. The molecule has 0 aliphatic carbocycles. The van der Waals surface area contributed by atoms with Gasteiger partial charge in [0.15, 0.2) is 0 Å². The van der Waals surface area contributed by atoms with Crippen molar-refractivity contribution in [3.05, 3.63) is 32.9 Å². The Kier molecular flexibility index (Phi) is 3.19. The second-order valence-corrected chi connectivity index (χ2v) is 5.47. The summed E-state index contributed by atoms with van der Waals surface area (Å²) in [5.41, 5.74) is 7.15. The molecule has 0 fully saturated rings. The third-order valence-corrected chi connectivity index (χ3v) is 2.99. The van der Waals surface area contributed by atoms with E-state index in [1.165, 1.54) is 5.56 Å². The molecule has 2 N–H and O–H groups in total. The number of hydrogen-bond donors (Lipinski definition) is 1. The molecule has 1 aromatic carbocycles. The summed E-state index contributed by atoms with van der Waals surface area (Å²) in [7, 11) is 0. The van der Waals surface area contributed by atoms with Crippen molar-refractivity contribution in [2.45, 2.75) is 26.2 Å². The maximum Gasteiger partial charge on any atom is 0.249 e. The molecule has 1 amide bonds. The summed E-state index contributed by atoms with van der Waals surface area (Å²) in [5.74, 6) is -0.366. The minimum absolute atomic E-state index is 0.107. The molecule has 0 aliphatic rings. The third-order valence-electron chi connectivity index (χ3n) is 2.10. The van der Waals surface area contributed by atoms with Crippen LogP contribution < -0.4 is 5.73 Å². The number of rotatable bonds is 1. The molecule has 0 saturated heterocycles. The Balaban J connectivity index is 3.20. The van der Waals surface area contributed by atoms with Crippen LogP contribution in [-0.4, -0.2) is 5.91 Å². The Morgan fingerprint density at radius 3 is 2.29 bits per heavy atom. The summed E-state index contributed by atoms with van der Waals surface area (Å²) in [6.07, 6.45) is 0. The number of halogens is 1. The van der Waals surface area contributed by atoms with E-state index in [-0.39, 0.29) is 11.3 Å². The Labute approximate surface area is 98.0 Å². The van der Waals surface area contributed by atoms with Crippen molar-refractivity contribution in [1.82, 2.24) is 0 Å². The number of benzene rings is 1. The number of nitrogens with two attached hydrogens (primary N) is 1. The van der Waals surface area contributed by atoms with E-state index >= 15 is 0 Å². The molecule has 0 aromatic heterocycles. The van der Waals surface area contributed by atoms with Gasteiger partial charge in [0, 0.05) is 3.57 Å². The summed E-state index contributed by atoms with van der Waals surface area (Å²) in [6, 6.07) is 5.77. The molecular formula is C11H14INO. The van der Waals surface area contributed by atoms with E-state index in [1.54, 1.807) is 6.07 Å². The maximum atomic E-state index is 11.0. The van der Waals surface area contributed by atoms with Gasteiger partial charge in [-0.15, -0.1) is 0 Å². The highest BCUT2D eigenvalue weighted by Gasteiger charge is 2.15. The van der Waals surface area contributed by atoms with Crippen molar-refractivity contribution in [2.75, 3.05) is 0 Å². The minimum atomic E-state index is -0.366. The lowest BCUT2D eigenvalue weighted by Gasteiger charge is -2.19. The van der Waals surface area contributed by atoms with E-state index in [2.05, 4.69) is 43.4 Å². The Morgan fingerprint density at radius 1 is 1.36 bits per heavy atom. The standard InChI is InChI=1S/C11H14INO/c1-11(2,3)7-4-5-8(10(13)14)9(12)6-7/h4-6H,1-3H3,(H2,13,14). The number of carbonyl (C=O) groups excluding carboxylic acids is 1. The van der Waals surface area contributed by atoms with Crippen molar-refractivity contribution in [2.24, 2.45) is 5.73 Å². The van der Waals surface area contributed by atoms with Gasteiger partial charge in [0.05, 0.1) is 5.56 Å². The SMILES string of the molecule is CC(C)(C)c1ccc(C(N)=O)c(I)c1. The predicted octanol–water partition coefficient (Wildman–Crippen LogP) is 2.69. The van der Waals surface area contributed by atoms with Crippen LogP contribution in [0.4, 0.5) is 0 Å². The molecule has 0 aliphatic heterocycles. The molecule has 0 heterocycles. The largest absolute Gasteiger partial charge is 0.366 e. The quantitative estimate of drug-likeness (QED) is 0.796. The van der Waals surface area contributed by atoms with Crippen LogP contribution in [0, 0.1) is 3.57 Å². The van der Waals surface area contributed by atoms with Gasteiger partial charge in [0.1, 0.15) is 0 Å². The summed E-state index contributed by atoms with van der Waals surface area (Å²) >= 11 is 2.14. The molecule has 3 heteroatoms. The summed E-state index contributed by atoms with van der Waals surface area (Å²) < 4.78 is 0.919. The molecular weight excluding hydrogens is 289 g/mol. The normalized spacial score (nSPS) is 11.4. The zero-order valence-corrected chi connectivity index (χ0v) is 10.8. The van der Waals surface area contributed by atoms with Crippen LogP contribution in [-0.2, 0) is 5.41 Å². The highest BCUT2D eigenvalue weighted by Crippen LogP contribution is 2.25. The third kappa shape index (κ3) is 2.47. The topological polar surface area (TPSA) is 43.1 Å². The van der Waals surface area contributed by atoms with E-state index in [9.17, 15) is 4.79 Å². The number of carbonyl (C=O) groups is 1. The van der Waals surface area contributed by atoms with Crippen molar-refractivity contribution in [3.8, 4) is 0 Å². The Bertz CT molecular complexity index is 366. The van der Waals surface area contributed by atoms with E-state index in [0.717, 1.165) is 3.57 Å². The Hall–Kier alpha value is -0.580. The van der Waals surface area contributed by atoms with Crippen LogP contribution in [0.5, 0.6) is 0 Å². The van der Waals surface area contributed by atoms with Gasteiger partial charge in [-0.05, 0) is 45.7 Å². The predicted molar refractivity (Wildman–Crippen MR) is 66.4 cm³/mol. The second kappa shape index (κ2) is 3.88. The summed E-state index contributed by atoms with van der Waals surface area (Å²) in [4.78, 5) is 11.0. The number of primary amides is 1. The molecule has 2 nitrogen and oxygen atoms in total. The fraction of sp³-hybridized carbons (Fsp3) is 0.364. The van der Waals surface area contributed by atoms with Crippen LogP contribution in [0.3, 0.4) is 0 Å². The monoisotopic (exact) mass is 303 g/mol. The zero-order valence-electron chi connectivity index (χ0n) is 8.60. The molecule has 14 heavy (non-hydrogen) atoms. The van der Waals surface area contributed by atoms with Gasteiger partial charge < -0.3 is 5.73 Å². The summed E-state index contributed by atoms with van der Waals surface area (Å²) in [6.45, 7) is 6.42. The van der Waals surface area contributed by atoms with Gasteiger partial charge in [-0.3, -0.25) is 4.79 Å². The van der Waals surface area contributed by atoms with Gasteiger partial charge in [-0.1, -0.05) is 26.8 Å². The molecule has 0 spiro atoms. The van der Waals surface area contributed by atoms with Crippen LogP contribution in [0.25, 0.3) is 0 Å². The molecule has 0 atom stereocenters. The minimum Gasteiger partial charge on any atom is -0.366 e.